The first-order valence-electron chi connectivity index (χ1n) is 6.06. The van der Waals surface area contributed by atoms with Gasteiger partial charge in [0, 0.05) is 24.7 Å². The van der Waals surface area contributed by atoms with E-state index in [-0.39, 0.29) is 0 Å². The first kappa shape index (κ1) is 10.4. The highest BCUT2D eigenvalue weighted by Gasteiger charge is 2.34. The predicted octanol–water partition coefficient (Wildman–Crippen LogP) is 1.86. The van der Waals surface area contributed by atoms with E-state index in [4.69, 9.17) is 0 Å². The van der Waals surface area contributed by atoms with E-state index < -0.39 is 0 Å². The molecule has 0 spiro atoms. The van der Waals surface area contributed by atoms with Crippen molar-refractivity contribution in [3.63, 3.8) is 0 Å². The summed E-state index contributed by atoms with van der Waals surface area (Å²) in [7, 11) is 0. The molecule has 0 aliphatic carbocycles. The predicted molar refractivity (Wildman–Crippen MR) is 60.5 cm³/mol. The first-order valence-corrected chi connectivity index (χ1v) is 6.06. The number of likely N-dealkylation sites (tertiary alicyclic amines) is 1. The molecule has 0 aromatic rings. The van der Waals surface area contributed by atoms with Crippen LogP contribution in [0.25, 0.3) is 0 Å². The lowest BCUT2D eigenvalue weighted by Gasteiger charge is -2.35. The van der Waals surface area contributed by atoms with Crippen LogP contribution < -0.4 is 5.32 Å². The summed E-state index contributed by atoms with van der Waals surface area (Å²) in [6.45, 7) is 10.9. The van der Waals surface area contributed by atoms with E-state index in [2.05, 4.69) is 31.0 Å². The van der Waals surface area contributed by atoms with Crippen LogP contribution in [0.5, 0.6) is 0 Å². The summed E-state index contributed by atoms with van der Waals surface area (Å²) in [5, 5.41) is 3.62. The van der Waals surface area contributed by atoms with Gasteiger partial charge in [0.15, 0.2) is 0 Å². The third kappa shape index (κ3) is 2.29. The van der Waals surface area contributed by atoms with Crippen molar-refractivity contribution in [2.24, 2.45) is 5.92 Å². The van der Waals surface area contributed by atoms with Gasteiger partial charge in [0.05, 0.1) is 0 Å². The van der Waals surface area contributed by atoms with E-state index in [9.17, 15) is 0 Å². The second-order valence-corrected chi connectivity index (χ2v) is 5.87. The van der Waals surface area contributed by atoms with Crippen LogP contribution in [-0.4, -0.2) is 36.1 Å². The van der Waals surface area contributed by atoms with Gasteiger partial charge in [-0.25, -0.2) is 0 Å². The maximum absolute atomic E-state index is 3.62. The van der Waals surface area contributed by atoms with Crippen LogP contribution in [0.15, 0.2) is 0 Å². The Morgan fingerprint density at radius 1 is 1.36 bits per heavy atom. The molecular formula is C12H24N2. The highest BCUT2D eigenvalue weighted by Crippen LogP contribution is 2.26. The number of piperidine rings is 1. The van der Waals surface area contributed by atoms with Gasteiger partial charge < -0.3 is 5.32 Å². The Kier molecular flexibility index (Phi) is 2.85. The molecule has 2 rings (SSSR count). The number of nitrogens with zero attached hydrogens (tertiary/aromatic N) is 1. The number of rotatable bonds is 1. The largest absolute Gasteiger partial charge is 0.310 e. The smallest absolute Gasteiger partial charge is 0.0238 e. The van der Waals surface area contributed by atoms with Gasteiger partial charge in [0.2, 0.25) is 0 Å². The lowest BCUT2D eigenvalue weighted by molar-refractivity contribution is 0.135. The zero-order valence-corrected chi connectivity index (χ0v) is 9.84. The van der Waals surface area contributed by atoms with E-state index >= 15 is 0 Å². The molecule has 0 aromatic heterocycles. The normalized spacial score (nSPS) is 38.8. The summed E-state index contributed by atoms with van der Waals surface area (Å²) < 4.78 is 0. The molecule has 0 radical (unpaired) electrons. The molecule has 14 heavy (non-hydrogen) atoms. The Balaban J connectivity index is 1.89. The molecule has 2 atom stereocenters. The van der Waals surface area contributed by atoms with Crippen molar-refractivity contribution in [1.82, 2.24) is 10.2 Å². The molecule has 2 aliphatic rings. The molecule has 0 aromatic carbocycles. The van der Waals surface area contributed by atoms with E-state index in [1.165, 1.54) is 38.9 Å². The molecule has 82 valence electrons. The highest BCUT2D eigenvalue weighted by atomic mass is 15.2. The van der Waals surface area contributed by atoms with Crippen molar-refractivity contribution in [2.45, 2.75) is 51.6 Å². The number of hydrogen-bond acceptors (Lipinski definition) is 2. The Morgan fingerprint density at radius 2 is 2.14 bits per heavy atom. The molecule has 0 bridgehead atoms. The molecule has 2 fully saturated rings. The van der Waals surface area contributed by atoms with Gasteiger partial charge in [-0.15, -0.1) is 0 Å². The molecule has 2 aliphatic heterocycles. The van der Waals surface area contributed by atoms with Gasteiger partial charge >= 0.3 is 0 Å². The third-order valence-electron chi connectivity index (χ3n) is 3.77. The summed E-state index contributed by atoms with van der Waals surface area (Å²) in [5.74, 6) is 0.910. The Hall–Kier alpha value is -0.0800. The molecule has 2 nitrogen and oxygen atoms in total. The summed E-state index contributed by atoms with van der Waals surface area (Å²) >= 11 is 0. The van der Waals surface area contributed by atoms with Crippen LogP contribution in [0.1, 0.15) is 40.0 Å². The second kappa shape index (κ2) is 3.82. The standard InChI is InChI=1S/C12H24N2/c1-10-5-4-6-14(9-10)11-7-12(2,3)13-8-11/h10-11,13H,4-9H2,1-3H3. The van der Waals surface area contributed by atoms with E-state index in [0.717, 1.165) is 12.0 Å². The molecule has 0 amide bonds. The molecule has 2 saturated heterocycles. The zero-order chi connectivity index (χ0) is 10.2. The fourth-order valence-electron chi connectivity index (χ4n) is 2.94. The van der Waals surface area contributed by atoms with Crippen LogP contribution >= 0.6 is 0 Å². The van der Waals surface area contributed by atoms with Crippen molar-refractivity contribution < 1.29 is 0 Å². The van der Waals surface area contributed by atoms with Crippen molar-refractivity contribution >= 4 is 0 Å². The van der Waals surface area contributed by atoms with Crippen molar-refractivity contribution in [2.75, 3.05) is 19.6 Å². The molecule has 2 heteroatoms. The first-order chi connectivity index (χ1) is 6.57. The molecule has 2 heterocycles. The van der Waals surface area contributed by atoms with Gasteiger partial charge in [0.1, 0.15) is 0 Å². The second-order valence-electron chi connectivity index (χ2n) is 5.87. The van der Waals surface area contributed by atoms with Gasteiger partial charge in [-0.1, -0.05) is 6.92 Å². The average molecular weight is 196 g/mol. The van der Waals surface area contributed by atoms with E-state index in [1.54, 1.807) is 0 Å². The average Bonchev–Trinajstić information content (AvgIpc) is 2.46. The van der Waals surface area contributed by atoms with Crippen LogP contribution in [0.4, 0.5) is 0 Å². The topological polar surface area (TPSA) is 15.3 Å². The summed E-state index contributed by atoms with van der Waals surface area (Å²) in [5.41, 5.74) is 0.366. The summed E-state index contributed by atoms with van der Waals surface area (Å²) in [4.78, 5) is 2.70. The van der Waals surface area contributed by atoms with Crippen molar-refractivity contribution in [3.8, 4) is 0 Å². The molecular weight excluding hydrogens is 172 g/mol. The lowest BCUT2D eigenvalue weighted by atomic mass is 9.95. The number of hydrogen-bond donors (Lipinski definition) is 1. The van der Waals surface area contributed by atoms with Crippen molar-refractivity contribution in [3.05, 3.63) is 0 Å². The SMILES string of the molecule is CC1CCCN(C2CNC(C)(C)C2)C1. The van der Waals surface area contributed by atoms with Crippen LogP contribution in [0.3, 0.4) is 0 Å². The third-order valence-corrected chi connectivity index (χ3v) is 3.77. The lowest BCUT2D eigenvalue weighted by Crippen LogP contribution is -2.43. The Labute approximate surface area is 88.1 Å². The monoisotopic (exact) mass is 196 g/mol. The fraction of sp³-hybridized carbons (Fsp3) is 1.00. The number of nitrogens with one attached hydrogen (secondary N) is 1. The van der Waals surface area contributed by atoms with Gasteiger partial charge in [-0.3, -0.25) is 4.90 Å². The Morgan fingerprint density at radius 3 is 2.71 bits per heavy atom. The van der Waals surface area contributed by atoms with Crippen molar-refractivity contribution in [1.29, 1.82) is 0 Å². The molecule has 2 unspecified atom stereocenters. The zero-order valence-electron chi connectivity index (χ0n) is 9.84. The molecule has 0 saturated carbocycles. The van der Waals surface area contributed by atoms with Crippen LogP contribution in [-0.2, 0) is 0 Å². The Bertz CT molecular complexity index is 200. The van der Waals surface area contributed by atoms with Gasteiger partial charge in [-0.05, 0) is 45.6 Å². The fourth-order valence-corrected chi connectivity index (χ4v) is 2.94. The summed E-state index contributed by atoms with van der Waals surface area (Å²) in [6, 6.07) is 0.799. The minimum Gasteiger partial charge on any atom is -0.310 e. The maximum Gasteiger partial charge on any atom is 0.0238 e. The quantitative estimate of drug-likeness (QED) is 0.688. The minimum absolute atomic E-state index is 0.366. The van der Waals surface area contributed by atoms with E-state index in [0.29, 0.717) is 5.54 Å². The minimum atomic E-state index is 0.366. The van der Waals surface area contributed by atoms with E-state index in [1.807, 2.05) is 0 Å². The van der Waals surface area contributed by atoms with Crippen LogP contribution in [0, 0.1) is 5.92 Å². The van der Waals surface area contributed by atoms with Gasteiger partial charge in [0.25, 0.3) is 0 Å². The molecule has 1 N–H and O–H groups in total. The summed E-state index contributed by atoms with van der Waals surface area (Å²) in [6.07, 6.45) is 4.15. The maximum atomic E-state index is 3.62. The van der Waals surface area contributed by atoms with Gasteiger partial charge in [-0.2, -0.15) is 0 Å². The van der Waals surface area contributed by atoms with Crippen LogP contribution in [0.2, 0.25) is 0 Å². The highest BCUT2D eigenvalue weighted by molar-refractivity contribution is 4.95.